The number of hydrogen-bond donors (Lipinski definition) is 1. The smallest absolute Gasteiger partial charge is 0.0210 e. The van der Waals surface area contributed by atoms with Gasteiger partial charge in [0.1, 0.15) is 0 Å². The summed E-state index contributed by atoms with van der Waals surface area (Å²) in [4.78, 5) is 0. The summed E-state index contributed by atoms with van der Waals surface area (Å²) >= 11 is 5.61. The molecule has 1 saturated heterocycles. The molecule has 0 aliphatic carbocycles. The van der Waals surface area contributed by atoms with Crippen LogP contribution in [-0.2, 0) is 5.41 Å². The van der Waals surface area contributed by atoms with Crippen molar-refractivity contribution in [3.63, 3.8) is 0 Å². The van der Waals surface area contributed by atoms with Crippen LogP contribution in [0.4, 0.5) is 0 Å². The number of benzene rings is 1. The fourth-order valence-corrected chi connectivity index (χ4v) is 3.41. The molecule has 1 aliphatic rings. The fourth-order valence-electron chi connectivity index (χ4n) is 2.18. The van der Waals surface area contributed by atoms with Gasteiger partial charge in [0.25, 0.3) is 0 Å². The predicted molar refractivity (Wildman–Crippen MR) is 76.3 cm³/mol. The van der Waals surface area contributed by atoms with Crippen molar-refractivity contribution in [2.24, 2.45) is 0 Å². The average Bonchev–Trinajstić information content (AvgIpc) is 2.22. The van der Waals surface area contributed by atoms with Gasteiger partial charge in [-0.2, -0.15) is 11.8 Å². The average molecular weight is 300 g/mol. The third-order valence-electron chi connectivity index (χ3n) is 3.29. The van der Waals surface area contributed by atoms with E-state index in [2.05, 4.69) is 52.4 Å². The SMILES string of the molecule is CCSCCC1(c2cccc(Br)c2)CNC1. The van der Waals surface area contributed by atoms with E-state index in [1.165, 1.54) is 28.0 Å². The van der Waals surface area contributed by atoms with Gasteiger partial charge >= 0.3 is 0 Å². The van der Waals surface area contributed by atoms with E-state index in [1.54, 1.807) is 0 Å². The normalized spacial score (nSPS) is 18.1. The van der Waals surface area contributed by atoms with Gasteiger partial charge in [0.2, 0.25) is 0 Å². The number of halogens is 1. The summed E-state index contributed by atoms with van der Waals surface area (Å²) in [5.74, 6) is 2.49. The molecule has 0 radical (unpaired) electrons. The van der Waals surface area contributed by atoms with Crippen LogP contribution in [0.25, 0.3) is 0 Å². The molecule has 0 saturated carbocycles. The minimum Gasteiger partial charge on any atom is -0.315 e. The summed E-state index contributed by atoms with van der Waals surface area (Å²) in [6.45, 7) is 4.50. The first-order valence-corrected chi connectivity index (χ1v) is 7.76. The van der Waals surface area contributed by atoms with Crippen LogP contribution >= 0.6 is 27.7 Å². The van der Waals surface area contributed by atoms with Gasteiger partial charge in [-0.3, -0.25) is 0 Å². The third kappa shape index (κ3) is 2.63. The van der Waals surface area contributed by atoms with Crippen molar-refractivity contribution >= 4 is 27.7 Å². The number of thioether (sulfide) groups is 1. The largest absolute Gasteiger partial charge is 0.315 e. The molecule has 1 N–H and O–H groups in total. The van der Waals surface area contributed by atoms with E-state index in [1.807, 2.05) is 11.8 Å². The summed E-state index contributed by atoms with van der Waals surface area (Å²) < 4.78 is 1.19. The number of hydrogen-bond acceptors (Lipinski definition) is 2. The zero-order valence-electron chi connectivity index (χ0n) is 9.63. The predicted octanol–water partition coefficient (Wildman–Crippen LogP) is 3.43. The molecule has 0 unspecified atom stereocenters. The molecule has 1 aliphatic heterocycles. The van der Waals surface area contributed by atoms with E-state index in [0.29, 0.717) is 5.41 Å². The molecule has 1 nitrogen and oxygen atoms in total. The van der Waals surface area contributed by atoms with Crippen molar-refractivity contribution in [3.05, 3.63) is 34.3 Å². The van der Waals surface area contributed by atoms with E-state index in [0.717, 1.165) is 13.1 Å². The molecule has 1 heterocycles. The number of rotatable bonds is 5. The van der Waals surface area contributed by atoms with E-state index in [9.17, 15) is 0 Å². The molecule has 0 bridgehead atoms. The van der Waals surface area contributed by atoms with E-state index in [-0.39, 0.29) is 0 Å². The number of nitrogens with one attached hydrogen (secondary N) is 1. The Balaban J connectivity index is 2.08. The lowest BCUT2D eigenvalue weighted by molar-refractivity contribution is 0.269. The Bertz CT molecular complexity index is 350. The first-order valence-electron chi connectivity index (χ1n) is 5.81. The molecule has 1 aromatic carbocycles. The first kappa shape index (κ1) is 12.5. The van der Waals surface area contributed by atoms with Crippen molar-refractivity contribution in [1.82, 2.24) is 5.32 Å². The second-order valence-electron chi connectivity index (χ2n) is 4.34. The maximum atomic E-state index is 3.56. The van der Waals surface area contributed by atoms with Crippen LogP contribution in [0, 0.1) is 0 Å². The van der Waals surface area contributed by atoms with Gasteiger partial charge in [-0.1, -0.05) is 35.0 Å². The highest BCUT2D eigenvalue weighted by atomic mass is 79.9. The van der Waals surface area contributed by atoms with Gasteiger partial charge in [-0.25, -0.2) is 0 Å². The quantitative estimate of drug-likeness (QED) is 0.836. The second-order valence-corrected chi connectivity index (χ2v) is 6.65. The van der Waals surface area contributed by atoms with Gasteiger partial charge < -0.3 is 5.32 Å². The molecule has 2 rings (SSSR count). The molecule has 3 heteroatoms. The van der Waals surface area contributed by atoms with Crippen LogP contribution < -0.4 is 5.32 Å². The van der Waals surface area contributed by atoms with Crippen LogP contribution in [0.5, 0.6) is 0 Å². The Morgan fingerprint density at radius 3 is 2.81 bits per heavy atom. The Kier molecular flexibility index (Phi) is 4.34. The summed E-state index contributed by atoms with van der Waals surface area (Å²) in [6, 6.07) is 8.79. The Hall–Kier alpha value is 0.01000. The Labute approximate surface area is 111 Å². The van der Waals surface area contributed by atoms with Crippen LogP contribution in [0.1, 0.15) is 18.9 Å². The highest BCUT2D eigenvalue weighted by molar-refractivity contribution is 9.10. The minimum absolute atomic E-state index is 0.395. The lowest BCUT2D eigenvalue weighted by Gasteiger charge is -2.43. The van der Waals surface area contributed by atoms with Gasteiger partial charge in [0.05, 0.1) is 0 Å². The molecular weight excluding hydrogens is 282 g/mol. The second kappa shape index (κ2) is 5.56. The Morgan fingerprint density at radius 2 is 2.25 bits per heavy atom. The molecule has 1 aromatic rings. The van der Waals surface area contributed by atoms with E-state index < -0.39 is 0 Å². The molecule has 88 valence electrons. The van der Waals surface area contributed by atoms with Gasteiger partial charge in [-0.15, -0.1) is 0 Å². The van der Waals surface area contributed by atoms with Crippen LogP contribution in [0.15, 0.2) is 28.7 Å². The molecule has 16 heavy (non-hydrogen) atoms. The third-order valence-corrected chi connectivity index (χ3v) is 4.69. The van der Waals surface area contributed by atoms with Crippen molar-refractivity contribution in [1.29, 1.82) is 0 Å². The zero-order chi connectivity index (χ0) is 11.4. The van der Waals surface area contributed by atoms with Crippen LogP contribution in [0.2, 0.25) is 0 Å². The van der Waals surface area contributed by atoms with Crippen molar-refractivity contribution < 1.29 is 0 Å². The standard InChI is InChI=1S/C13H18BrNS/c1-2-16-7-6-13(9-15-10-13)11-4-3-5-12(14)8-11/h3-5,8,15H,2,6-7,9-10H2,1H3. The highest BCUT2D eigenvalue weighted by Gasteiger charge is 2.37. The summed E-state index contributed by atoms with van der Waals surface area (Å²) in [7, 11) is 0. The molecular formula is C13H18BrNS. The molecule has 0 atom stereocenters. The van der Waals surface area contributed by atoms with Gasteiger partial charge in [-0.05, 0) is 35.6 Å². The summed E-state index contributed by atoms with van der Waals surface area (Å²) in [5, 5.41) is 3.42. The van der Waals surface area contributed by atoms with Crippen molar-refractivity contribution in [3.8, 4) is 0 Å². The summed E-state index contributed by atoms with van der Waals surface area (Å²) in [6.07, 6.45) is 1.29. The van der Waals surface area contributed by atoms with Crippen molar-refractivity contribution in [2.75, 3.05) is 24.6 Å². The fraction of sp³-hybridized carbons (Fsp3) is 0.538. The molecule has 0 aromatic heterocycles. The monoisotopic (exact) mass is 299 g/mol. The molecule has 1 fully saturated rings. The maximum absolute atomic E-state index is 3.56. The van der Waals surface area contributed by atoms with E-state index in [4.69, 9.17) is 0 Å². The lowest BCUT2D eigenvalue weighted by Crippen LogP contribution is -2.57. The summed E-state index contributed by atoms with van der Waals surface area (Å²) in [5.41, 5.74) is 1.88. The van der Waals surface area contributed by atoms with Gasteiger partial charge in [0, 0.05) is 23.0 Å². The molecule has 0 spiro atoms. The topological polar surface area (TPSA) is 12.0 Å². The zero-order valence-corrected chi connectivity index (χ0v) is 12.0. The lowest BCUT2D eigenvalue weighted by atomic mass is 9.73. The minimum atomic E-state index is 0.395. The highest BCUT2D eigenvalue weighted by Crippen LogP contribution is 2.34. The Morgan fingerprint density at radius 1 is 1.44 bits per heavy atom. The van der Waals surface area contributed by atoms with E-state index >= 15 is 0 Å². The molecule has 0 amide bonds. The van der Waals surface area contributed by atoms with Crippen LogP contribution in [0.3, 0.4) is 0 Å². The first-order chi connectivity index (χ1) is 7.77. The maximum Gasteiger partial charge on any atom is 0.0210 e. The van der Waals surface area contributed by atoms with Crippen molar-refractivity contribution in [2.45, 2.75) is 18.8 Å². The van der Waals surface area contributed by atoms with Gasteiger partial charge in [0.15, 0.2) is 0 Å². The van der Waals surface area contributed by atoms with Crippen LogP contribution in [-0.4, -0.2) is 24.6 Å².